The fourth-order valence-corrected chi connectivity index (χ4v) is 2.32. The number of nitrogens with zero attached hydrogens (tertiary/aromatic N) is 3. The molecule has 7 nitrogen and oxygen atoms in total. The maximum absolute atomic E-state index is 11.7. The van der Waals surface area contributed by atoms with E-state index in [2.05, 4.69) is 20.7 Å². The number of urea groups is 1. The summed E-state index contributed by atoms with van der Waals surface area (Å²) < 4.78 is 1.56. The van der Waals surface area contributed by atoms with Gasteiger partial charge in [0.25, 0.3) is 0 Å². The van der Waals surface area contributed by atoms with Crippen LogP contribution in [-0.4, -0.2) is 32.4 Å². The molecule has 0 aliphatic heterocycles. The molecule has 0 aliphatic rings. The Morgan fingerprint density at radius 3 is 2.59 bits per heavy atom. The van der Waals surface area contributed by atoms with Crippen LogP contribution in [0.1, 0.15) is 17.5 Å². The summed E-state index contributed by atoms with van der Waals surface area (Å²) in [6, 6.07) is 4.34. The summed E-state index contributed by atoms with van der Waals surface area (Å²) in [6.07, 6.45) is 0.499. The van der Waals surface area contributed by atoms with Crippen LogP contribution in [0.15, 0.2) is 24.5 Å². The van der Waals surface area contributed by atoms with Crippen LogP contribution in [-0.2, 0) is 13.6 Å². The molecule has 22 heavy (non-hydrogen) atoms. The van der Waals surface area contributed by atoms with Crippen molar-refractivity contribution in [3.05, 3.63) is 46.0 Å². The van der Waals surface area contributed by atoms with Gasteiger partial charge in [-0.05, 0) is 23.8 Å². The van der Waals surface area contributed by atoms with E-state index in [9.17, 15) is 9.90 Å². The first-order valence-electron chi connectivity index (χ1n) is 6.44. The molecule has 0 saturated carbocycles. The van der Waals surface area contributed by atoms with Crippen LogP contribution in [0.3, 0.4) is 0 Å². The number of aliphatic hydroxyl groups excluding tert-OH is 1. The number of rotatable bonds is 5. The van der Waals surface area contributed by atoms with Crippen molar-refractivity contribution >= 4 is 29.2 Å². The molecule has 1 aromatic heterocycles. The number of aliphatic hydroxyl groups is 1. The van der Waals surface area contributed by atoms with Gasteiger partial charge in [-0.1, -0.05) is 23.2 Å². The number of carbonyl (C=O) groups is 1. The first-order chi connectivity index (χ1) is 10.5. The van der Waals surface area contributed by atoms with Gasteiger partial charge in [0.2, 0.25) is 0 Å². The molecular weight excluding hydrogens is 329 g/mol. The highest BCUT2D eigenvalue weighted by Gasteiger charge is 2.11. The Morgan fingerprint density at radius 2 is 2.00 bits per heavy atom. The molecule has 0 bridgehead atoms. The number of amides is 2. The Balaban J connectivity index is 1.81. The number of aromatic nitrogens is 3. The van der Waals surface area contributed by atoms with Crippen molar-refractivity contribution < 1.29 is 9.90 Å². The van der Waals surface area contributed by atoms with Crippen molar-refractivity contribution in [1.29, 1.82) is 0 Å². The fraction of sp³-hybridized carbons (Fsp3) is 0.308. The Kier molecular flexibility index (Phi) is 5.59. The summed E-state index contributed by atoms with van der Waals surface area (Å²) in [5.41, 5.74) is 0.533. The summed E-state index contributed by atoms with van der Waals surface area (Å²) in [5, 5.41) is 19.9. The van der Waals surface area contributed by atoms with Gasteiger partial charge in [-0.3, -0.25) is 4.68 Å². The van der Waals surface area contributed by atoms with E-state index < -0.39 is 12.1 Å². The minimum atomic E-state index is -0.906. The second-order valence-electron chi connectivity index (χ2n) is 4.58. The third kappa shape index (κ3) is 4.59. The number of hydrogen-bond acceptors (Lipinski definition) is 4. The van der Waals surface area contributed by atoms with Gasteiger partial charge in [0.05, 0.1) is 12.6 Å². The van der Waals surface area contributed by atoms with Crippen LogP contribution in [0.4, 0.5) is 4.79 Å². The number of benzene rings is 1. The van der Waals surface area contributed by atoms with E-state index in [1.807, 2.05) is 0 Å². The molecule has 0 saturated heterocycles. The zero-order valence-corrected chi connectivity index (χ0v) is 13.3. The molecule has 2 rings (SSSR count). The normalized spacial score (nSPS) is 12.0. The molecule has 9 heteroatoms. The Bertz CT molecular complexity index is 641. The smallest absolute Gasteiger partial charge is 0.315 e. The summed E-state index contributed by atoms with van der Waals surface area (Å²) in [6.45, 7) is 0.267. The number of nitrogens with one attached hydrogen (secondary N) is 2. The van der Waals surface area contributed by atoms with Gasteiger partial charge in [0.1, 0.15) is 12.2 Å². The molecule has 0 fully saturated rings. The highest BCUT2D eigenvalue weighted by Crippen LogP contribution is 2.23. The van der Waals surface area contributed by atoms with Crippen molar-refractivity contribution in [3.63, 3.8) is 0 Å². The van der Waals surface area contributed by atoms with Gasteiger partial charge in [-0.25, -0.2) is 9.78 Å². The second-order valence-corrected chi connectivity index (χ2v) is 5.45. The lowest BCUT2D eigenvalue weighted by Crippen LogP contribution is -2.37. The molecule has 0 aliphatic carbocycles. The predicted octanol–water partition coefficient (Wildman–Crippen LogP) is 1.65. The third-order valence-electron chi connectivity index (χ3n) is 2.94. The second kappa shape index (κ2) is 7.44. The molecule has 2 amide bonds. The molecule has 118 valence electrons. The van der Waals surface area contributed by atoms with E-state index in [1.165, 1.54) is 6.33 Å². The molecule has 3 N–H and O–H groups in total. The van der Waals surface area contributed by atoms with Crippen LogP contribution in [0.25, 0.3) is 0 Å². The van der Waals surface area contributed by atoms with Crippen molar-refractivity contribution in [2.45, 2.75) is 12.6 Å². The first-order valence-corrected chi connectivity index (χ1v) is 7.20. The molecule has 1 aromatic carbocycles. The van der Waals surface area contributed by atoms with E-state index in [-0.39, 0.29) is 13.1 Å². The average Bonchev–Trinajstić information content (AvgIpc) is 2.86. The van der Waals surface area contributed by atoms with Crippen LogP contribution < -0.4 is 10.6 Å². The lowest BCUT2D eigenvalue weighted by molar-refractivity contribution is 0.173. The molecule has 2 aromatic rings. The Labute approximate surface area is 137 Å². The summed E-state index contributed by atoms with van der Waals surface area (Å²) in [7, 11) is 1.73. The third-order valence-corrected chi connectivity index (χ3v) is 3.37. The largest absolute Gasteiger partial charge is 0.387 e. The maximum Gasteiger partial charge on any atom is 0.315 e. The fourth-order valence-electron chi connectivity index (χ4n) is 1.78. The van der Waals surface area contributed by atoms with Crippen LogP contribution in [0.2, 0.25) is 10.0 Å². The zero-order chi connectivity index (χ0) is 16.1. The number of hydrogen-bond donors (Lipinski definition) is 3. The lowest BCUT2D eigenvalue weighted by atomic mass is 10.1. The van der Waals surface area contributed by atoms with Gasteiger partial charge in [0.15, 0.2) is 0 Å². The minimum absolute atomic E-state index is 0.0291. The molecule has 0 radical (unpaired) electrons. The quantitative estimate of drug-likeness (QED) is 0.769. The Hall–Kier alpha value is -1.83. The van der Waals surface area contributed by atoms with E-state index in [4.69, 9.17) is 23.2 Å². The molecular formula is C13H15Cl2N5O2. The van der Waals surface area contributed by atoms with Crippen molar-refractivity contribution in [2.75, 3.05) is 6.54 Å². The first kappa shape index (κ1) is 16.5. The monoisotopic (exact) mass is 343 g/mol. The van der Waals surface area contributed by atoms with Crippen molar-refractivity contribution in [1.82, 2.24) is 25.4 Å². The van der Waals surface area contributed by atoms with Gasteiger partial charge in [-0.15, -0.1) is 0 Å². The number of carbonyl (C=O) groups excluding carboxylic acids is 1. The van der Waals surface area contributed by atoms with Crippen LogP contribution in [0, 0.1) is 0 Å². The van der Waals surface area contributed by atoms with E-state index >= 15 is 0 Å². The lowest BCUT2D eigenvalue weighted by Gasteiger charge is -2.13. The minimum Gasteiger partial charge on any atom is -0.387 e. The number of halogens is 2. The average molecular weight is 344 g/mol. The summed E-state index contributed by atoms with van der Waals surface area (Å²) in [4.78, 5) is 15.7. The van der Waals surface area contributed by atoms with Crippen LogP contribution >= 0.6 is 23.2 Å². The molecule has 0 spiro atoms. The van der Waals surface area contributed by atoms with Crippen LogP contribution in [0.5, 0.6) is 0 Å². The zero-order valence-electron chi connectivity index (χ0n) is 11.8. The van der Waals surface area contributed by atoms with Crippen molar-refractivity contribution in [2.24, 2.45) is 7.05 Å². The van der Waals surface area contributed by atoms with Gasteiger partial charge in [-0.2, -0.15) is 5.10 Å². The predicted molar refractivity (Wildman–Crippen MR) is 82.7 cm³/mol. The van der Waals surface area contributed by atoms with E-state index in [1.54, 1.807) is 29.9 Å². The highest BCUT2D eigenvalue weighted by atomic mass is 35.5. The van der Waals surface area contributed by atoms with Gasteiger partial charge < -0.3 is 15.7 Å². The van der Waals surface area contributed by atoms with E-state index in [0.29, 0.717) is 21.4 Å². The van der Waals surface area contributed by atoms with Gasteiger partial charge >= 0.3 is 6.03 Å². The number of aryl methyl sites for hydroxylation is 1. The summed E-state index contributed by atoms with van der Waals surface area (Å²) >= 11 is 11.7. The van der Waals surface area contributed by atoms with Crippen molar-refractivity contribution in [3.8, 4) is 0 Å². The summed E-state index contributed by atoms with van der Waals surface area (Å²) in [5.74, 6) is 0.623. The topological polar surface area (TPSA) is 92.1 Å². The molecule has 1 atom stereocenters. The standard InChI is InChI=1S/C13H15Cl2N5O2/c1-20-12(18-7-19-20)6-17-13(22)16-5-11(21)8-2-9(14)4-10(15)3-8/h2-4,7,11,21H,5-6H2,1H3,(H2,16,17,22). The highest BCUT2D eigenvalue weighted by molar-refractivity contribution is 6.34. The SMILES string of the molecule is Cn1ncnc1CNC(=O)NCC(O)c1cc(Cl)cc(Cl)c1. The molecule has 1 unspecified atom stereocenters. The maximum atomic E-state index is 11.7. The van der Waals surface area contributed by atoms with E-state index in [0.717, 1.165) is 0 Å². The van der Waals surface area contributed by atoms with Gasteiger partial charge in [0, 0.05) is 23.6 Å². The Morgan fingerprint density at radius 1 is 1.32 bits per heavy atom. The molecule has 1 heterocycles.